The van der Waals surface area contributed by atoms with Gasteiger partial charge in [0.25, 0.3) is 0 Å². The van der Waals surface area contributed by atoms with Crippen molar-refractivity contribution in [2.75, 3.05) is 13.7 Å². The van der Waals surface area contributed by atoms with E-state index < -0.39 is 0 Å². The first-order valence-electron chi connectivity index (χ1n) is 8.41. The summed E-state index contributed by atoms with van der Waals surface area (Å²) in [6.07, 6.45) is 2.22. The van der Waals surface area contributed by atoms with E-state index >= 15 is 0 Å². The maximum Gasteiger partial charge on any atom is 0.243 e. The normalized spacial score (nSPS) is 16.8. The highest BCUT2D eigenvalue weighted by Crippen LogP contribution is 2.33. The van der Waals surface area contributed by atoms with Crippen LogP contribution in [-0.4, -0.2) is 30.8 Å². The van der Waals surface area contributed by atoms with E-state index in [0.717, 1.165) is 11.1 Å². The maximum atomic E-state index is 11.9. The van der Waals surface area contributed by atoms with Crippen LogP contribution in [0.4, 0.5) is 0 Å². The molecule has 130 valence electrons. The van der Waals surface area contributed by atoms with Gasteiger partial charge in [0.15, 0.2) is 11.5 Å². The predicted octanol–water partition coefficient (Wildman–Crippen LogP) is 3.60. The molecule has 0 saturated carbocycles. The van der Waals surface area contributed by atoms with Gasteiger partial charge in [0.1, 0.15) is 6.61 Å². The van der Waals surface area contributed by atoms with E-state index in [4.69, 9.17) is 9.47 Å². The van der Waals surface area contributed by atoms with E-state index in [1.165, 1.54) is 5.01 Å². The number of hydrazone groups is 1. The Morgan fingerprint density at radius 1 is 1.12 bits per heavy atom. The van der Waals surface area contributed by atoms with Gasteiger partial charge in [0.2, 0.25) is 5.91 Å². The fourth-order valence-corrected chi connectivity index (χ4v) is 2.70. The second-order valence-corrected chi connectivity index (χ2v) is 5.91. The standard InChI is InChI=1S/C20H22N2O3/c1-3-24-19-11-16(17-12-20(23)22(2)21-13-17)9-10-18(19)25-14-15-7-5-4-6-8-15/h4-11,13,17H,3,12,14H2,1-2H3. The molecular formula is C20H22N2O3. The SMILES string of the molecule is CCOc1cc(C2C=NN(C)C(=O)C2)ccc1OCc1ccccc1. The van der Waals surface area contributed by atoms with Crippen LogP contribution in [0.2, 0.25) is 0 Å². The number of nitrogens with zero attached hydrogens (tertiary/aromatic N) is 2. The molecule has 1 unspecified atom stereocenters. The highest BCUT2D eigenvalue weighted by Gasteiger charge is 2.22. The van der Waals surface area contributed by atoms with Gasteiger partial charge in [-0.1, -0.05) is 36.4 Å². The molecule has 2 aromatic carbocycles. The molecule has 0 bridgehead atoms. The molecular weight excluding hydrogens is 316 g/mol. The van der Waals surface area contributed by atoms with E-state index in [0.29, 0.717) is 31.1 Å². The zero-order valence-corrected chi connectivity index (χ0v) is 14.5. The fourth-order valence-electron chi connectivity index (χ4n) is 2.70. The van der Waals surface area contributed by atoms with Crippen LogP contribution in [0.15, 0.2) is 53.6 Å². The van der Waals surface area contributed by atoms with Crippen molar-refractivity contribution in [1.29, 1.82) is 0 Å². The lowest BCUT2D eigenvalue weighted by atomic mass is 9.95. The number of benzene rings is 2. The molecule has 1 aliphatic rings. The molecule has 0 N–H and O–H groups in total. The van der Waals surface area contributed by atoms with E-state index in [1.54, 1.807) is 13.3 Å². The number of rotatable bonds is 6. The van der Waals surface area contributed by atoms with Crippen LogP contribution >= 0.6 is 0 Å². The summed E-state index contributed by atoms with van der Waals surface area (Å²) in [6, 6.07) is 15.8. The Hall–Kier alpha value is -2.82. The van der Waals surface area contributed by atoms with Crippen molar-refractivity contribution in [1.82, 2.24) is 5.01 Å². The Labute approximate surface area is 147 Å². The van der Waals surface area contributed by atoms with Gasteiger partial charge >= 0.3 is 0 Å². The summed E-state index contributed by atoms with van der Waals surface area (Å²) in [5.74, 6) is 1.36. The molecule has 2 aromatic rings. The number of ether oxygens (including phenoxy) is 2. The van der Waals surface area contributed by atoms with Gasteiger partial charge in [-0.15, -0.1) is 0 Å². The summed E-state index contributed by atoms with van der Waals surface area (Å²) in [5.41, 5.74) is 2.10. The summed E-state index contributed by atoms with van der Waals surface area (Å²) >= 11 is 0. The molecule has 0 aliphatic carbocycles. The molecule has 25 heavy (non-hydrogen) atoms. The van der Waals surface area contributed by atoms with Crippen LogP contribution in [0.25, 0.3) is 0 Å². The molecule has 1 atom stereocenters. The van der Waals surface area contributed by atoms with Crippen molar-refractivity contribution in [2.24, 2.45) is 5.10 Å². The first-order valence-corrected chi connectivity index (χ1v) is 8.41. The number of hydrogen-bond acceptors (Lipinski definition) is 4. The molecule has 0 aromatic heterocycles. The molecule has 3 rings (SSSR count). The van der Waals surface area contributed by atoms with E-state index in [1.807, 2.05) is 55.5 Å². The van der Waals surface area contributed by atoms with Gasteiger partial charge < -0.3 is 9.47 Å². The Morgan fingerprint density at radius 2 is 1.92 bits per heavy atom. The van der Waals surface area contributed by atoms with Crippen molar-refractivity contribution in [3.63, 3.8) is 0 Å². The predicted molar refractivity (Wildman–Crippen MR) is 97.0 cm³/mol. The van der Waals surface area contributed by atoms with Crippen LogP contribution in [0.5, 0.6) is 11.5 Å². The largest absolute Gasteiger partial charge is 0.490 e. The molecule has 0 fully saturated rings. The average Bonchev–Trinajstić information content (AvgIpc) is 2.64. The van der Waals surface area contributed by atoms with Gasteiger partial charge in [-0.2, -0.15) is 5.10 Å². The van der Waals surface area contributed by atoms with Crippen LogP contribution in [-0.2, 0) is 11.4 Å². The fraction of sp³-hybridized carbons (Fsp3) is 0.300. The van der Waals surface area contributed by atoms with Crippen molar-refractivity contribution in [2.45, 2.75) is 25.9 Å². The summed E-state index contributed by atoms with van der Waals surface area (Å²) in [4.78, 5) is 11.9. The smallest absolute Gasteiger partial charge is 0.243 e. The first kappa shape index (κ1) is 17.0. The first-order chi connectivity index (χ1) is 12.2. The minimum absolute atomic E-state index is 0.00913. The lowest BCUT2D eigenvalue weighted by Gasteiger charge is -2.22. The summed E-state index contributed by atoms with van der Waals surface area (Å²) < 4.78 is 11.7. The van der Waals surface area contributed by atoms with Crippen molar-refractivity contribution < 1.29 is 14.3 Å². The van der Waals surface area contributed by atoms with Crippen molar-refractivity contribution in [3.05, 3.63) is 59.7 Å². The third kappa shape index (κ3) is 4.18. The highest BCUT2D eigenvalue weighted by atomic mass is 16.5. The van der Waals surface area contributed by atoms with Crippen molar-refractivity contribution in [3.8, 4) is 11.5 Å². The molecule has 0 saturated heterocycles. The molecule has 5 nitrogen and oxygen atoms in total. The van der Waals surface area contributed by atoms with E-state index in [-0.39, 0.29) is 11.8 Å². The van der Waals surface area contributed by atoms with E-state index in [9.17, 15) is 4.79 Å². The van der Waals surface area contributed by atoms with Crippen LogP contribution in [0.3, 0.4) is 0 Å². The molecule has 1 amide bonds. The van der Waals surface area contributed by atoms with Crippen LogP contribution in [0.1, 0.15) is 30.4 Å². The monoisotopic (exact) mass is 338 g/mol. The van der Waals surface area contributed by atoms with Gasteiger partial charge in [0.05, 0.1) is 6.61 Å². The number of hydrogen-bond donors (Lipinski definition) is 0. The third-order valence-corrected chi connectivity index (χ3v) is 4.11. The maximum absolute atomic E-state index is 11.9. The van der Waals surface area contributed by atoms with Crippen LogP contribution < -0.4 is 9.47 Å². The molecule has 1 heterocycles. The number of carbonyl (C=O) groups is 1. The zero-order valence-electron chi connectivity index (χ0n) is 14.5. The minimum atomic E-state index is -0.0360. The summed E-state index contributed by atoms with van der Waals surface area (Å²) in [7, 11) is 1.67. The molecule has 5 heteroatoms. The van der Waals surface area contributed by atoms with Gasteiger partial charge in [-0.3, -0.25) is 4.79 Å². The van der Waals surface area contributed by atoms with Crippen molar-refractivity contribution >= 4 is 12.1 Å². The third-order valence-electron chi connectivity index (χ3n) is 4.11. The molecule has 0 radical (unpaired) electrons. The topological polar surface area (TPSA) is 51.1 Å². The Kier molecular flexibility index (Phi) is 5.33. The highest BCUT2D eigenvalue weighted by molar-refractivity contribution is 5.86. The lowest BCUT2D eigenvalue weighted by molar-refractivity contribution is -0.130. The van der Waals surface area contributed by atoms with E-state index in [2.05, 4.69) is 5.10 Å². The van der Waals surface area contributed by atoms with Gasteiger partial charge in [-0.05, 0) is 30.2 Å². The Morgan fingerprint density at radius 3 is 2.64 bits per heavy atom. The summed E-state index contributed by atoms with van der Waals surface area (Å²) in [5, 5.41) is 5.50. The van der Waals surface area contributed by atoms with Crippen LogP contribution in [0, 0.1) is 0 Å². The quantitative estimate of drug-likeness (QED) is 0.809. The summed E-state index contributed by atoms with van der Waals surface area (Å²) in [6.45, 7) is 2.97. The molecule has 1 aliphatic heterocycles. The Balaban J connectivity index is 1.78. The second kappa shape index (κ2) is 7.83. The second-order valence-electron chi connectivity index (χ2n) is 5.91. The molecule has 0 spiro atoms. The average molecular weight is 338 g/mol. The minimum Gasteiger partial charge on any atom is -0.490 e. The number of carbonyl (C=O) groups excluding carboxylic acids is 1. The lowest BCUT2D eigenvalue weighted by Crippen LogP contribution is -2.28. The number of amides is 1. The van der Waals surface area contributed by atoms with Gasteiger partial charge in [0, 0.05) is 25.6 Å². The van der Waals surface area contributed by atoms with Gasteiger partial charge in [-0.25, -0.2) is 5.01 Å². The Bertz CT molecular complexity index is 759. The zero-order chi connectivity index (χ0) is 17.6.